The summed E-state index contributed by atoms with van der Waals surface area (Å²) in [6.07, 6.45) is 0. The van der Waals surface area contributed by atoms with Gasteiger partial charge in [0, 0.05) is 6.54 Å². The molecular formula is C10H10F4N2O2. The van der Waals surface area contributed by atoms with E-state index in [2.05, 4.69) is 10.1 Å². The van der Waals surface area contributed by atoms with Gasteiger partial charge in [-0.25, -0.2) is 22.4 Å². The maximum Gasteiger partial charge on any atom is 0.344 e. The molecule has 18 heavy (non-hydrogen) atoms. The lowest BCUT2D eigenvalue weighted by Gasteiger charge is -2.09. The van der Waals surface area contributed by atoms with Gasteiger partial charge in [0.1, 0.15) is 17.9 Å². The van der Waals surface area contributed by atoms with Crippen LogP contribution < -0.4 is 11.1 Å². The predicted molar refractivity (Wildman–Crippen MR) is 54.9 cm³/mol. The number of anilines is 1. The second-order valence-electron chi connectivity index (χ2n) is 3.28. The van der Waals surface area contributed by atoms with Crippen LogP contribution in [0.25, 0.3) is 0 Å². The van der Waals surface area contributed by atoms with Crippen molar-refractivity contribution in [1.82, 2.24) is 5.32 Å². The highest BCUT2D eigenvalue weighted by atomic mass is 19.2. The van der Waals surface area contributed by atoms with Crippen molar-refractivity contribution in [3.8, 4) is 0 Å². The lowest BCUT2D eigenvalue weighted by molar-refractivity contribution is 0.0496. The lowest BCUT2D eigenvalue weighted by atomic mass is 10.1. The van der Waals surface area contributed by atoms with E-state index >= 15 is 0 Å². The number of nitrogens with one attached hydrogen (secondary N) is 1. The van der Waals surface area contributed by atoms with E-state index in [4.69, 9.17) is 5.73 Å². The molecule has 0 fully saturated rings. The molecule has 0 aromatic heterocycles. The van der Waals surface area contributed by atoms with Gasteiger partial charge in [-0.1, -0.05) is 0 Å². The van der Waals surface area contributed by atoms with E-state index < -0.39 is 40.5 Å². The summed E-state index contributed by atoms with van der Waals surface area (Å²) in [6.45, 7) is 0.0107. The SMILES string of the molecule is CNCCOC(=O)c1c(F)c(F)c(N)c(F)c1F. The Bertz CT molecular complexity index is 450. The van der Waals surface area contributed by atoms with E-state index in [0.717, 1.165) is 0 Å². The van der Waals surface area contributed by atoms with Gasteiger partial charge in [-0.3, -0.25) is 0 Å². The third-order valence-corrected chi connectivity index (χ3v) is 2.09. The van der Waals surface area contributed by atoms with E-state index in [0.29, 0.717) is 0 Å². The number of nitrogens with two attached hydrogens (primary N) is 1. The molecule has 100 valence electrons. The number of esters is 1. The number of halogens is 4. The number of nitrogen functional groups attached to an aromatic ring is 1. The minimum absolute atomic E-state index is 0.207. The van der Waals surface area contributed by atoms with Crippen LogP contribution >= 0.6 is 0 Å². The van der Waals surface area contributed by atoms with Gasteiger partial charge in [0.25, 0.3) is 0 Å². The van der Waals surface area contributed by atoms with Gasteiger partial charge in [-0.05, 0) is 7.05 Å². The molecule has 0 heterocycles. The van der Waals surface area contributed by atoms with Crippen LogP contribution in [0.3, 0.4) is 0 Å². The van der Waals surface area contributed by atoms with Crippen molar-refractivity contribution in [2.24, 2.45) is 0 Å². The van der Waals surface area contributed by atoms with Gasteiger partial charge in [-0.15, -0.1) is 0 Å². The first kappa shape index (κ1) is 14.2. The summed E-state index contributed by atoms with van der Waals surface area (Å²) in [5.41, 5.74) is 2.02. The van der Waals surface area contributed by atoms with Crippen molar-refractivity contribution in [3.63, 3.8) is 0 Å². The molecule has 0 aliphatic heterocycles. The maximum atomic E-state index is 13.3. The highest BCUT2D eigenvalue weighted by Gasteiger charge is 2.29. The molecule has 0 saturated carbocycles. The molecule has 0 amide bonds. The van der Waals surface area contributed by atoms with Gasteiger partial charge < -0.3 is 15.8 Å². The summed E-state index contributed by atoms with van der Waals surface area (Å²) in [7, 11) is 1.55. The number of ether oxygens (including phenoxy) is 1. The molecule has 8 heteroatoms. The van der Waals surface area contributed by atoms with Crippen LogP contribution in [0.5, 0.6) is 0 Å². The van der Waals surface area contributed by atoms with E-state index in [-0.39, 0.29) is 13.2 Å². The van der Waals surface area contributed by atoms with E-state index in [1.807, 2.05) is 0 Å². The van der Waals surface area contributed by atoms with Crippen LogP contribution in [0.4, 0.5) is 23.2 Å². The van der Waals surface area contributed by atoms with Crippen LogP contribution in [0.15, 0.2) is 0 Å². The molecule has 0 radical (unpaired) electrons. The van der Waals surface area contributed by atoms with Crippen LogP contribution in [0.2, 0.25) is 0 Å². The number of hydrogen-bond donors (Lipinski definition) is 2. The number of hydrogen-bond acceptors (Lipinski definition) is 4. The molecule has 0 spiro atoms. The first-order valence-corrected chi connectivity index (χ1v) is 4.85. The van der Waals surface area contributed by atoms with Gasteiger partial charge in [0.15, 0.2) is 23.3 Å². The molecule has 1 aromatic carbocycles. The van der Waals surface area contributed by atoms with E-state index in [1.165, 1.54) is 0 Å². The lowest BCUT2D eigenvalue weighted by Crippen LogP contribution is -2.20. The Morgan fingerprint density at radius 2 is 1.67 bits per heavy atom. The number of likely N-dealkylation sites (N-methyl/N-ethyl adjacent to an activating group) is 1. The topological polar surface area (TPSA) is 64.3 Å². The summed E-state index contributed by atoms with van der Waals surface area (Å²) >= 11 is 0. The van der Waals surface area contributed by atoms with Crippen molar-refractivity contribution in [2.75, 3.05) is 25.9 Å². The zero-order valence-electron chi connectivity index (χ0n) is 9.32. The molecule has 0 atom stereocenters. The largest absolute Gasteiger partial charge is 0.461 e. The average molecular weight is 266 g/mol. The van der Waals surface area contributed by atoms with Crippen LogP contribution in [0.1, 0.15) is 10.4 Å². The van der Waals surface area contributed by atoms with Crippen molar-refractivity contribution in [2.45, 2.75) is 0 Å². The third-order valence-electron chi connectivity index (χ3n) is 2.09. The molecule has 4 nitrogen and oxygen atoms in total. The quantitative estimate of drug-likeness (QED) is 0.282. The molecule has 0 aliphatic rings. The van der Waals surface area contributed by atoms with Gasteiger partial charge in [0.05, 0.1) is 0 Å². The molecule has 0 aliphatic carbocycles. The Balaban J connectivity index is 3.13. The molecule has 3 N–H and O–H groups in total. The molecular weight excluding hydrogens is 256 g/mol. The predicted octanol–water partition coefficient (Wildman–Crippen LogP) is 1.20. The summed E-state index contributed by atoms with van der Waals surface area (Å²) in [5.74, 6) is -8.90. The van der Waals surface area contributed by atoms with Crippen LogP contribution in [0, 0.1) is 23.3 Å². The third kappa shape index (κ3) is 2.53. The molecule has 1 rings (SSSR count). The van der Waals surface area contributed by atoms with Crippen LogP contribution in [-0.4, -0.2) is 26.2 Å². The summed E-state index contributed by atoms with van der Waals surface area (Å²) in [5, 5.41) is 2.60. The molecule has 1 aromatic rings. The summed E-state index contributed by atoms with van der Waals surface area (Å²) in [4.78, 5) is 11.3. The fraction of sp³-hybridized carbons (Fsp3) is 0.300. The van der Waals surface area contributed by atoms with Crippen molar-refractivity contribution >= 4 is 11.7 Å². The molecule has 0 unspecified atom stereocenters. The Labute approximate surface area is 99.7 Å². The first-order valence-electron chi connectivity index (χ1n) is 4.85. The normalized spacial score (nSPS) is 10.5. The highest BCUT2D eigenvalue weighted by Crippen LogP contribution is 2.26. The highest BCUT2D eigenvalue weighted by molar-refractivity contribution is 5.90. The Morgan fingerprint density at radius 1 is 1.17 bits per heavy atom. The second kappa shape index (κ2) is 5.67. The van der Waals surface area contributed by atoms with Gasteiger partial charge >= 0.3 is 5.97 Å². The van der Waals surface area contributed by atoms with Crippen molar-refractivity contribution < 1.29 is 27.1 Å². The zero-order valence-corrected chi connectivity index (χ0v) is 9.32. The minimum Gasteiger partial charge on any atom is -0.461 e. The maximum absolute atomic E-state index is 13.3. The first-order chi connectivity index (χ1) is 8.41. The number of benzene rings is 1. The molecule has 0 saturated heterocycles. The summed E-state index contributed by atoms with van der Waals surface area (Å²) < 4.78 is 57.1. The average Bonchev–Trinajstić information content (AvgIpc) is 2.34. The zero-order chi connectivity index (χ0) is 13.9. The van der Waals surface area contributed by atoms with Gasteiger partial charge in [-0.2, -0.15) is 0 Å². The Kier molecular flexibility index (Phi) is 4.49. The van der Waals surface area contributed by atoms with Crippen LogP contribution in [-0.2, 0) is 4.74 Å². The van der Waals surface area contributed by atoms with E-state index in [1.54, 1.807) is 7.05 Å². The number of rotatable bonds is 4. The fourth-order valence-electron chi connectivity index (χ4n) is 1.15. The second-order valence-corrected chi connectivity index (χ2v) is 3.28. The van der Waals surface area contributed by atoms with Crippen molar-refractivity contribution in [3.05, 3.63) is 28.8 Å². The monoisotopic (exact) mass is 266 g/mol. The van der Waals surface area contributed by atoms with Crippen molar-refractivity contribution in [1.29, 1.82) is 0 Å². The Hall–Kier alpha value is -1.83. The number of carbonyl (C=O) groups excluding carboxylic acids is 1. The Morgan fingerprint density at radius 3 is 2.11 bits per heavy atom. The number of carbonyl (C=O) groups is 1. The smallest absolute Gasteiger partial charge is 0.344 e. The molecule has 0 bridgehead atoms. The van der Waals surface area contributed by atoms with Gasteiger partial charge in [0.2, 0.25) is 0 Å². The minimum atomic E-state index is -1.87. The summed E-state index contributed by atoms with van der Waals surface area (Å²) in [6, 6.07) is 0. The standard InChI is InChI=1S/C10H10F4N2O2/c1-16-2-3-18-10(17)4-5(11)7(13)9(15)8(14)6(4)12/h16H,2-3,15H2,1H3. The fourth-order valence-corrected chi connectivity index (χ4v) is 1.15. The van der Waals surface area contributed by atoms with E-state index in [9.17, 15) is 22.4 Å².